The Morgan fingerprint density at radius 1 is 0.256 bits per heavy atom. The summed E-state index contributed by atoms with van der Waals surface area (Å²) in [6.45, 7) is 6.49. The van der Waals surface area contributed by atoms with Crippen molar-refractivity contribution in [2.75, 3.05) is 13.2 Å². The van der Waals surface area contributed by atoms with Gasteiger partial charge in [-0.25, -0.2) is 0 Å². The third-order valence-electron chi connectivity index (χ3n) is 14.7. The second-order valence-corrected chi connectivity index (χ2v) is 22.7. The van der Waals surface area contributed by atoms with Crippen molar-refractivity contribution in [1.82, 2.24) is 0 Å². The fourth-order valence-electron chi connectivity index (χ4n) is 9.54. The molecule has 0 saturated carbocycles. The lowest BCUT2D eigenvalue weighted by Gasteiger charge is -2.18. The van der Waals surface area contributed by atoms with Crippen molar-refractivity contribution in [2.45, 2.75) is 329 Å². The molecule has 0 aliphatic carbocycles. The fourth-order valence-corrected chi connectivity index (χ4v) is 9.54. The minimum Gasteiger partial charge on any atom is -0.462 e. The van der Waals surface area contributed by atoms with Crippen molar-refractivity contribution in [2.24, 2.45) is 0 Å². The Hall–Kier alpha value is -4.19. The van der Waals surface area contributed by atoms with Gasteiger partial charge in [0.15, 0.2) is 6.10 Å². The van der Waals surface area contributed by atoms with Gasteiger partial charge in [0.05, 0.1) is 0 Å². The maximum absolute atomic E-state index is 12.9. The van der Waals surface area contributed by atoms with Crippen LogP contribution in [-0.4, -0.2) is 37.2 Å². The van der Waals surface area contributed by atoms with Crippen LogP contribution in [0.15, 0.2) is 122 Å². The van der Waals surface area contributed by atoms with Gasteiger partial charge in [-0.1, -0.05) is 316 Å². The lowest BCUT2D eigenvalue weighted by atomic mass is 10.0. The van der Waals surface area contributed by atoms with Gasteiger partial charge in [-0.15, -0.1) is 0 Å². The average Bonchev–Trinajstić information content (AvgIpc) is 3.47. The van der Waals surface area contributed by atoms with Crippen LogP contribution in [0.25, 0.3) is 0 Å². The first-order valence-corrected chi connectivity index (χ1v) is 34.5. The van der Waals surface area contributed by atoms with E-state index in [0.29, 0.717) is 19.3 Å². The van der Waals surface area contributed by atoms with E-state index >= 15 is 0 Å². The van der Waals surface area contributed by atoms with Gasteiger partial charge in [-0.3, -0.25) is 14.4 Å². The lowest BCUT2D eigenvalue weighted by molar-refractivity contribution is -0.167. The fraction of sp³-hybridized carbons (Fsp3) is 0.697. The van der Waals surface area contributed by atoms with Gasteiger partial charge in [-0.2, -0.15) is 0 Å². The topological polar surface area (TPSA) is 78.9 Å². The summed E-state index contributed by atoms with van der Waals surface area (Å²) in [5, 5.41) is 0. The molecule has 0 aliphatic rings. The summed E-state index contributed by atoms with van der Waals surface area (Å²) in [7, 11) is 0. The van der Waals surface area contributed by atoms with Crippen molar-refractivity contribution < 1.29 is 28.6 Å². The number of allylic oxidation sites excluding steroid dienone is 20. The third-order valence-corrected chi connectivity index (χ3v) is 14.7. The van der Waals surface area contributed by atoms with Crippen LogP contribution in [0.3, 0.4) is 0 Å². The zero-order chi connectivity index (χ0) is 59.2. The van der Waals surface area contributed by atoms with E-state index in [9.17, 15) is 14.4 Å². The van der Waals surface area contributed by atoms with Crippen LogP contribution in [0.5, 0.6) is 0 Å². The van der Waals surface area contributed by atoms with Crippen molar-refractivity contribution >= 4 is 17.9 Å². The Balaban J connectivity index is 4.34. The Labute approximate surface area is 507 Å². The maximum atomic E-state index is 12.9. The highest BCUT2D eigenvalue weighted by Crippen LogP contribution is 2.17. The van der Waals surface area contributed by atoms with Crippen LogP contribution >= 0.6 is 0 Å². The largest absolute Gasteiger partial charge is 0.462 e. The summed E-state index contributed by atoms with van der Waals surface area (Å²) in [5.41, 5.74) is 0. The van der Waals surface area contributed by atoms with Gasteiger partial charge >= 0.3 is 17.9 Å². The second-order valence-electron chi connectivity index (χ2n) is 22.7. The van der Waals surface area contributed by atoms with Crippen molar-refractivity contribution in [1.29, 1.82) is 0 Å². The second kappa shape index (κ2) is 69.3. The van der Waals surface area contributed by atoms with Crippen LogP contribution in [0, 0.1) is 0 Å². The van der Waals surface area contributed by atoms with E-state index in [1.54, 1.807) is 0 Å². The van der Waals surface area contributed by atoms with Gasteiger partial charge in [0.25, 0.3) is 0 Å². The summed E-state index contributed by atoms with van der Waals surface area (Å²) in [4.78, 5) is 38.4. The van der Waals surface area contributed by atoms with Crippen LogP contribution in [-0.2, 0) is 28.6 Å². The molecule has 82 heavy (non-hydrogen) atoms. The molecule has 0 fully saturated rings. The molecule has 6 heteroatoms. The molecule has 0 aromatic rings. The highest BCUT2D eigenvalue weighted by molar-refractivity contribution is 5.71. The summed E-state index contributed by atoms with van der Waals surface area (Å²) >= 11 is 0. The molecule has 0 spiro atoms. The number of unbranched alkanes of at least 4 members (excludes halogenated alkanes) is 31. The van der Waals surface area contributed by atoms with E-state index in [-0.39, 0.29) is 31.1 Å². The highest BCUT2D eigenvalue weighted by Gasteiger charge is 2.19. The summed E-state index contributed by atoms with van der Waals surface area (Å²) < 4.78 is 16.9. The molecule has 0 heterocycles. The van der Waals surface area contributed by atoms with Crippen LogP contribution in [0.2, 0.25) is 0 Å². The molecule has 0 aromatic heterocycles. The third kappa shape index (κ3) is 66.6. The van der Waals surface area contributed by atoms with Crippen LogP contribution < -0.4 is 0 Å². The monoisotopic (exact) mass is 1140 g/mol. The smallest absolute Gasteiger partial charge is 0.306 e. The molecule has 0 aliphatic heterocycles. The Morgan fingerprint density at radius 3 is 0.780 bits per heavy atom. The summed E-state index contributed by atoms with van der Waals surface area (Å²) in [6, 6.07) is 0. The summed E-state index contributed by atoms with van der Waals surface area (Å²) in [6.07, 6.45) is 96.4. The standard InChI is InChI=1S/C76H128O6/c1-4-7-10-13-16-19-22-25-28-30-32-33-34-35-36-37-38-39-40-41-42-43-45-46-48-51-54-57-60-63-66-69-75(78)81-72-73(71-80-74(77)68-65-62-59-56-53-50-27-24-21-18-15-12-9-6-3)82-76(79)70-67-64-61-58-55-52-49-47-44-31-29-26-23-20-17-14-11-8-5-2/h7,10,15-16,18-19,24-25,27-28,32-33,35-36,38-39,41-42,45-46,73H,4-6,8-9,11-14,17,20-23,26,29-31,34,37,40,43-44,47-72H2,1-3H3/b10-7-,18-15-,19-16-,27-24-,28-25-,33-32-,36-35-,39-38-,42-41-,46-45-. The predicted molar refractivity (Wildman–Crippen MR) is 357 cm³/mol. The molecule has 0 radical (unpaired) electrons. The molecule has 1 atom stereocenters. The number of hydrogen-bond acceptors (Lipinski definition) is 6. The maximum Gasteiger partial charge on any atom is 0.306 e. The van der Waals surface area contributed by atoms with Crippen molar-refractivity contribution in [3.05, 3.63) is 122 Å². The number of hydrogen-bond donors (Lipinski definition) is 0. The highest BCUT2D eigenvalue weighted by atomic mass is 16.6. The molecule has 0 amide bonds. The van der Waals surface area contributed by atoms with E-state index < -0.39 is 6.10 Å². The predicted octanol–water partition coefficient (Wildman–Crippen LogP) is 23.9. The minimum absolute atomic E-state index is 0.0892. The first-order chi connectivity index (χ1) is 40.5. The van der Waals surface area contributed by atoms with E-state index in [2.05, 4.69) is 142 Å². The normalized spacial score (nSPS) is 12.9. The molecule has 1 unspecified atom stereocenters. The Bertz CT molecular complexity index is 1690. The minimum atomic E-state index is -0.793. The van der Waals surface area contributed by atoms with Crippen LogP contribution in [0.4, 0.5) is 0 Å². The van der Waals surface area contributed by atoms with Gasteiger partial charge < -0.3 is 14.2 Å². The zero-order valence-electron chi connectivity index (χ0n) is 53.7. The number of ether oxygens (including phenoxy) is 3. The molecule has 0 aromatic carbocycles. The van der Waals surface area contributed by atoms with Gasteiger partial charge in [0.1, 0.15) is 13.2 Å². The Kier molecular flexibility index (Phi) is 65.8. The van der Waals surface area contributed by atoms with E-state index in [0.717, 1.165) is 148 Å². The SMILES string of the molecule is CC/C=C\C/C=C\C/C=C\C/C=C\C/C=C\C/C=C\C/C=C\C/C=C\CCCCCCCCC(=O)OCC(COC(=O)CCCCCCC/C=C\C/C=C\CCCC)OC(=O)CCCCCCCCCCCCCCCCCCCCC. The lowest BCUT2D eigenvalue weighted by Crippen LogP contribution is -2.30. The van der Waals surface area contributed by atoms with E-state index in [1.807, 2.05) is 0 Å². The zero-order valence-corrected chi connectivity index (χ0v) is 53.7. The number of carbonyl (C=O) groups is 3. The molecule has 0 bridgehead atoms. The number of rotatable bonds is 62. The van der Waals surface area contributed by atoms with Crippen molar-refractivity contribution in [3.63, 3.8) is 0 Å². The molecule has 0 saturated heterocycles. The molecule has 6 nitrogen and oxygen atoms in total. The molecular weight excluding hydrogens is 1010 g/mol. The Morgan fingerprint density at radius 2 is 0.488 bits per heavy atom. The summed E-state index contributed by atoms with van der Waals surface area (Å²) in [5.74, 6) is -0.905. The molecule has 0 N–H and O–H groups in total. The number of esters is 3. The molecular formula is C76H128O6. The average molecular weight is 1140 g/mol. The van der Waals surface area contributed by atoms with Gasteiger partial charge in [-0.05, 0) is 109 Å². The molecule has 468 valence electrons. The van der Waals surface area contributed by atoms with Crippen molar-refractivity contribution in [3.8, 4) is 0 Å². The first kappa shape index (κ1) is 77.8. The van der Waals surface area contributed by atoms with Gasteiger partial charge in [0, 0.05) is 19.3 Å². The molecule has 0 rings (SSSR count). The van der Waals surface area contributed by atoms with E-state index in [4.69, 9.17) is 14.2 Å². The van der Waals surface area contributed by atoms with Gasteiger partial charge in [0.2, 0.25) is 0 Å². The quantitative estimate of drug-likeness (QED) is 0.0261. The van der Waals surface area contributed by atoms with E-state index in [1.165, 1.54) is 135 Å². The first-order valence-electron chi connectivity index (χ1n) is 34.5. The van der Waals surface area contributed by atoms with Crippen LogP contribution in [0.1, 0.15) is 323 Å². The number of carbonyl (C=O) groups excluding carboxylic acids is 3.